The third-order valence-electron chi connectivity index (χ3n) is 3.99. The zero-order chi connectivity index (χ0) is 15.5. The molecule has 2 rings (SSSR count). The predicted molar refractivity (Wildman–Crippen MR) is 87.1 cm³/mol. The van der Waals surface area contributed by atoms with Gasteiger partial charge in [-0.25, -0.2) is 0 Å². The molecule has 1 unspecified atom stereocenters. The van der Waals surface area contributed by atoms with E-state index < -0.39 is 5.54 Å². The standard InChI is InChI=1S/C18H22N2O/c1-4-18(17(19)21,15-11-9-13(2)10-12-15)20-16-8-6-5-7-14(16)3/h5-12,20H,4H2,1-3H3,(H2,19,21). The Morgan fingerprint density at radius 3 is 2.24 bits per heavy atom. The average Bonchev–Trinajstić information content (AvgIpc) is 2.47. The largest absolute Gasteiger partial charge is 0.367 e. The number of para-hydroxylation sites is 1. The summed E-state index contributed by atoms with van der Waals surface area (Å²) in [5.74, 6) is -0.364. The Hall–Kier alpha value is -2.29. The molecule has 3 heteroatoms. The number of primary amides is 1. The number of benzene rings is 2. The highest BCUT2D eigenvalue weighted by Gasteiger charge is 2.36. The van der Waals surface area contributed by atoms with Gasteiger partial charge in [-0.2, -0.15) is 0 Å². The SMILES string of the molecule is CCC(Nc1ccccc1C)(C(N)=O)c1ccc(C)cc1. The Kier molecular flexibility index (Phi) is 4.32. The minimum absolute atomic E-state index is 0.364. The number of amides is 1. The lowest BCUT2D eigenvalue weighted by atomic mass is 9.85. The molecule has 2 aromatic rings. The Labute approximate surface area is 126 Å². The number of anilines is 1. The number of aryl methyl sites for hydroxylation is 2. The summed E-state index contributed by atoms with van der Waals surface area (Å²) in [6.45, 7) is 6.01. The highest BCUT2D eigenvalue weighted by Crippen LogP contribution is 2.31. The first kappa shape index (κ1) is 15.1. The van der Waals surface area contributed by atoms with Gasteiger partial charge in [0.1, 0.15) is 5.54 Å². The molecule has 0 bridgehead atoms. The Balaban J connectivity index is 2.50. The van der Waals surface area contributed by atoms with Crippen LogP contribution in [0.25, 0.3) is 0 Å². The number of carbonyl (C=O) groups is 1. The molecule has 3 N–H and O–H groups in total. The topological polar surface area (TPSA) is 55.1 Å². The molecule has 1 atom stereocenters. The molecule has 0 aliphatic rings. The number of hydrogen-bond acceptors (Lipinski definition) is 2. The highest BCUT2D eigenvalue weighted by atomic mass is 16.1. The Bertz CT molecular complexity index is 634. The van der Waals surface area contributed by atoms with Crippen LogP contribution in [0.15, 0.2) is 48.5 Å². The van der Waals surface area contributed by atoms with Gasteiger partial charge in [0, 0.05) is 5.69 Å². The van der Waals surface area contributed by atoms with Crippen molar-refractivity contribution in [3.63, 3.8) is 0 Å². The fourth-order valence-electron chi connectivity index (χ4n) is 2.52. The molecule has 3 nitrogen and oxygen atoms in total. The maximum Gasteiger partial charge on any atom is 0.247 e. The van der Waals surface area contributed by atoms with Crippen molar-refractivity contribution in [1.29, 1.82) is 0 Å². The quantitative estimate of drug-likeness (QED) is 0.881. The van der Waals surface area contributed by atoms with Crippen LogP contribution in [0.2, 0.25) is 0 Å². The lowest BCUT2D eigenvalue weighted by Crippen LogP contribution is -2.47. The van der Waals surface area contributed by atoms with Gasteiger partial charge in [-0.1, -0.05) is 55.0 Å². The minimum Gasteiger partial charge on any atom is -0.367 e. The molecule has 0 saturated carbocycles. The van der Waals surface area contributed by atoms with Gasteiger partial charge in [-0.15, -0.1) is 0 Å². The van der Waals surface area contributed by atoms with Crippen molar-refractivity contribution in [1.82, 2.24) is 0 Å². The molecular weight excluding hydrogens is 260 g/mol. The first-order valence-corrected chi connectivity index (χ1v) is 7.20. The summed E-state index contributed by atoms with van der Waals surface area (Å²) in [5.41, 5.74) is 8.93. The summed E-state index contributed by atoms with van der Waals surface area (Å²) in [6.07, 6.45) is 0.583. The van der Waals surface area contributed by atoms with Crippen LogP contribution in [-0.2, 0) is 10.3 Å². The summed E-state index contributed by atoms with van der Waals surface area (Å²) >= 11 is 0. The van der Waals surface area contributed by atoms with Crippen molar-refractivity contribution >= 4 is 11.6 Å². The average molecular weight is 282 g/mol. The van der Waals surface area contributed by atoms with Crippen LogP contribution in [0.5, 0.6) is 0 Å². The van der Waals surface area contributed by atoms with Crippen LogP contribution >= 0.6 is 0 Å². The molecule has 110 valence electrons. The van der Waals surface area contributed by atoms with Gasteiger partial charge in [0.15, 0.2) is 0 Å². The van der Waals surface area contributed by atoms with Gasteiger partial charge in [0.2, 0.25) is 5.91 Å². The van der Waals surface area contributed by atoms with Gasteiger partial charge >= 0.3 is 0 Å². The fourth-order valence-corrected chi connectivity index (χ4v) is 2.52. The van der Waals surface area contributed by atoms with Crippen molar-refractivity contribution in [3.8, 4) is 0 Å². The third-order valence-corrected chi connectivity index (χ3v) is 3.99. The zero-order valence-corrected chi connectivity index (χ0v) is 12.8. The van der Waals surface area contributed by atoms with Crippen LogP contribution in [0.4, 0.5) is 5.69 Å². The normalized spacial score (nSPS) is 13.5. The van der Waals surface area contributed by atoms with Crippen LogP contribution in [0, 0.1) is 13.8 Å². The first-order chi connectivity index (χ1) is 9.99. The molecule has 0 aromatic heterocycles. The van der Waals surface area contributed by atoms with Crippen LogP contribution < -0.4 is 11.1 Å². The molecule has 0 aliphatic carbocycles. The molecular formula is C18H22N2O. The summed E-state index contributed by atoms with van der Waals surface area (Å²) in [5, 5.41) is 3.37. The van der Waals surface area contributed by atoms with E-state index in [1.165, 1.54) is 0 Å². The van der Waals surface area contributed by atoms with E-state index in [-0.39, 0.29) is 5.91 Å². The van der Waals surface area contributed by atoms with Gasteiger partial charge in [-0.3, -0.25) is 4.79 Å². The summed E-state index contributed by atoms with van der Waals surface area (Å²) in [4.78, 5) is 12.2. The van der Waals surface area contributed by atoms with E-state index in [4.69, 9.17) is 5.73 Å². The Morgan fingerprint density at radius 2 is 1.71 bits per heavy atom. The van der Waals surface area contributed by atoms with Crippen LogP contribution in [-0.4, -0.2) is 5.91 Å². The minimum atomic E-state index is -0.889. The number of rotatable bonds is 5. The van der Waals surface area contributed by atoms with E-state index >= 15 is 0 Å². The second-order valence-corrected chi connectivity index (χ2v) is 5.43. The van der Waals surface area contributed by atoms with Gasteiger partial charge in [-0.05, 0) is 37.5 Å². The molecule has 0 saturated heterocycles. The maximum atomic E-state index is 12.2. The monoisotopic (exact) mass is 282 g/mol. The highest BCUT2D eigenvalue weighted by molar-refractivity contribution is 5.89. The number of hydrogen-bond donors (Lipinski definition) is 2. The summed E-state index contributed by atoms with van der Waals surface area (Å²) in [6, 6.07) is 15.8. The van der Waals surface area contributed by atoms with E-state index in [2.05, 4.69) is 5.32 Å². The third kappa shape index (κ3) is 2.92. The fraction of sp³-hybridized carbons (Fsp3) is 0.278. The van der Waals surface area contributed by atoms with E-state index in [1.807, 2.05) is 69.3 Å². The zero-order valence-electron chi connectivity index (χ0n) is 12.8. The number of carbonyl (C=O) groups excluding carboxylic acids is 1. The van der Waals surface area contributed by atoms with Crippen LogP contribution in [0.3, 0.4) is 0 Å². The van der Waals surface area contributed by atoms with E-state index in [1.54, 1.807) is 0 Å². The number of nitrogens with one attached hydrogen (secondary N) is 1. The lowest BCUT2D eigenvalue weighted by molar-refractivity contribution is -0.122. The molecule has 21 heavy (non-hydrogen) atoms. The van der Waals surface area contributed by atoms with Crippen molar-refractivity contribution in [2.45, 2.75) is 32.7 Å². The molecule has 0 fully saturated rings. The lowest BCUT2D eigenvalue weighted by Gasteiger charge is -2.33. The second kappa shape index (κ2) is 6.00. The van der Waals surface area contributed by atoms with Crippen molar-refractivity contribution in [3.05, 3.63) is 65.2 Å². The molecule has 0 spiro atoms. The molecule has 0 heterocycles. The smallest absolute Gasteiger partial charge is 0.247 e. The molecule has 1 amide bonds. The van der Waals surface area contributed by atoms with Gasteiger partial charge < -0.3 is 11.1 Å². The molecule has 0 radical (unpaired) electrons. The first-order valence-electron chi connectivity index (χ1n) is 7.20. The summed E-state index contributed by atoms with van der Waals surface area (Å²) < 4.78 is 0. The van der Waals surface area contributed by atoms with Crippen molar-refractivity contribution in [2.24, 2.45) is 5.73 Å². The predicted octanol–water partition coefficient (Wildman–Crippen LogP) is 3.51. The number of nitrogens with two attached hydrogens (primary N) is 1. The van der Waals surface area contributed by atoms with Crippen LogP contribution in [0.1, 0.15) is 30.0 Å². The van der Waals surface area contributed by atoms with Gasteiger partial charge in [0.25, 0.3) is 0 Å². The van der Waals surface area contributed by atoms with E-state index in [0.29, 0.717) is 6.42 Å². The Morgan fingerprint density at radius 1 is 1.10 bits per heavy atom. The van der Waals surface area contributed by atoms with Crippen molar-refractivity contribution in [2.75, 3.05) is 5.32 Å². The van der Waals surface area contributed by atoms with E-state index in [0.717, 1.165) is 22.4 Å². The summed E-state index contributed by atoms with van der Waals surface area (Å²) in [7, 11) is 0. The van der Waals surface area contributed by atoms with Crippen molar-refractivity contribution < 1.29 is 4.79 Å². The second-order valence-electron chi connectivity index (χ2n) is 5.43. The maximum absolute atomic E-state index is 12.2. The van der Waals surface area contributed by atoms with Gasteiger partial charge in [0.05, 0.1) is 0 Å². The van der Waals surface area contributed by atoms with E-state index in [9.17, 15) is 4.79 Å². The molecule has 0 aliphatic heterocycles. The molecule has 2 aromatic carbocycles.